The summed E-state index contributed by atoms with van der Waals surface area (Å²) in [4.78, 5) is 35.3. The largest absolute Gasteiger partial charge is 0.480 e. The SMILES string of the molecule is O=C1CN(C(=O)NCC2CCCS2(=O)=O)C(C(=O)O)CN1. The summed E-state index contributed by atoms with van der Waals surface area (Å²) in [6, 6.07) is -1.89. The van der Waals surface area contributed by atoms with E-state index < -0.39 is 39.0 Å². The maximum absolute atomic E-state index is 12.0. The van der Waals surface area contributed by atoms with Crippen molar-refractivity contribution in [1.82, 2.24) is 15.5 Å². The van der Waals surface area contributed by atoms with Crippen molar-refractivity contribution in [2.75, 3.05) is 25.4 Å². The Morgan fingerprint density at radius 2 is 2.14 bits per heavy atom. The topological polar surface area (TPSA) is 133 Å². The molecule has 3 N–H and O–H groups in total. The number of carbonyl (C=O) groups is 3. The van der Waals surface area contributed by atoms with Gasteiger partial charge >= 0.3 is 12.0 Å². The van der Waals surface area contributed by atoms with Crippen LogP contribution in [-0.2, 0) is 19.4 Å². The molecule has 2 atom stereocenters. The van der Waals surface area contributed by atoms with Gasteiger partial charge in [0.05, 0.1) is 11.0 Å². The number of amides is 3. The second kappa shape index (κ2) is 5.88. The molecule has 2 rings (SSSR count). The molecule has 2 saturated heterocycles. The fourth-order valence-corrected chi connectivity index (χ4v) is 4.23. The number of aliphatic carboxylic acids is 1. The molecule has 0 aliphatic carbocycles. The minimum absolute atomic E-state index is 0.0639. The zero-order valence-corrected chi connectivity index (χ0v) is 12.1. The van der Waals surface area contributed by atoms with Gasteiger partial charge in [-0.05, 0) is 12.8 Å². The van der Waals surface area contributed by atoms with Gasteiger partial charge in [-0.15, -0.1) is 0 Å². The molecule has 0 aromatic rings. The first-order valence-electron chi connectivity index (χ1n) is 6.57. The highest BCUT2D eigenvalue weighted by Gasteiger charge is 2.36. The quantitative estimate of drug-likeness (QED) is 0.560. The van der Waals surface area contributed by atoms with Gasteiger partial charge in [0.25, 0.3) is 0 Å². The van der Waals surface area contributed by atoms with Crippen LogP contribution >= 0.6 is 0 Å². The second-order valence-corrected chi connectivity index (χ2v) is 7.50. The lowest BCUT2D eigenvalue weighted by molar-refractivity contribution is -0.144. The Hall–Kier alpha value is -1.84. The van der Waals surface area contributed by atoms with E-state index in [1.54, 1.807) is 0 Å². The normalized spacial score (nSPS) is 28.0. The summed E-state index contributed by atoms with van der Waals surface area (Å²) in [5, 5.41) is 13.2. The fraction of sp³-hybridized carbons (Fsp3) is 0.727. The summed E-state index contributed by atoms with van der Waals surface area (Å²) in [6.07, 6.45) is 1.04. The zero-order valence-electron chi connectivity index (χ0n) is 11.2. The van der Waals surface area contributed by atoms with E-state index in [2.05, 4.69) is 10.6 Å². The van der Waals surface area contributed by atoms with Crippen molar-refractivity contribution in [3.63, 3.8) is 0 Å². The minimum Gasteiger partial charge on any atom is -0.480 e. The van der Waals surface area contributed by atoms with Crippen LogP contribution in [0.5, 0.6) is 0 Å². The van der Waals surface area contributed by atoms with Crippen molar-refractivity contribution < 1.29 is 27.9 Å². The minimum atomic E-state index is -3.18. The van der Waals surface area contributed by atoms with Gasteiger partial charge in [0, 0.05) is 13.1 Å². The summed E-state index contributed by atoms with van der Waals surface area (Å²) in [6.45, 7) is -0.588. The Kier molecular flexibility index (Phi) is 4.35. The lowest BCUT2D eigenvalue weighted by Crippen LogP contribution is -2.61. The van der Waals surface area contributed by atoms with Crippen LogP contribution in [0, 0.1) is 0 Å². The van der Waals surface area contributed by atoms with Crippen LogP contribution in [0.3, 0.4) is 0 Å². The number of rotatable bonds is 3. The van der Waals surface area contributed by atoms with Crippen LogP contribution < -0.4 is 10.6 Å². The Morgan fingerprint density at radius 1 is 1.43 bits per heavy atom. The molecule has 118 valence electrons. The lowest BCUT2D eigenvalue weighted by Gasteiger charge is -2.32. The average molecular weight is 319 g/mol. The van der Waals surface area contributed by atoms with E-state index in [9.17, 15) is 22.8 Å². The molecule has 0 bridgehead atoms. The third-order valence-electron chi connectivity index (χ3n) is 3.67. The highest BCUT2D eigenvalue weighted by atomic mass is 32.2. The number of hydrogen-bond donors (Lipinski definition) is 3. The standard InChI is InChI=1S/C11H17N3O6S/c15-9-6-14(8(5-12-9)10(16)17)11(18)13-4-7-2-1-3-21(7,19)20/h7-8H,1-6H2,(H,12,15)(H,13,18)(H,16,17). The predicted molar refractivity (Wildman–Crippen MR) is 71.3 cm³/mol. The summed E-state index contributed by atoms with van der Waals surface area (Å²) in [5.41, 5.74) is 0. The van der Waals surface area contributed by atoms with Gasteiger partial charge in [-0.3, -0.25) is 9.69 Å². The first kappa shape index (κ1) is 15.5. The van der Waals surface area contributed by atoms with Crippen molar-refractivity contribution in [3.05, 3.63) is 0 Å². The number of nitrogens with zero attached hydrogens (tertiary/aromatic N) is 1. The van der Waals surface area contributed by atoms with E-state index in [1.807, 2.05) is 0 Å². The van der Waals surface area contributed by atoms with Crippen LogP contribution in [0.25, 0.3) is 0 Å². The van der Waals surface area contributed by atoms with Gasteiger partial charge in [0.1, 0.15) is 12.6 Å². The molecule has 0 spiro atoms. The van der Waals surface area contributed by atoms with Crippen molar-refractivity contribution in [1.29, 1.82) is 0 Å². The molecule has 9 nitrogen and oxygen atoms in total. The van der Waals surface area contributed by atoms with Gasteiger partial charge in [-0.1, -0.05) is 0 Å². The van der Waals surface area contributed by atoms with Crippen molar-refractivity contribution >= 4 is 27.7 Å². The van der Waals surface area contributed by atoms with Crippen LogP contribution in [-0.4, -0.2) is 73.0 Å². The van der Waals surface area contributed by atoms with Gasteiger partial charge in [-0.2, -0.15) is 0 Å². The number of carbonyl (C=O) groups excluding carboxylic acids is 2. The van der Waals surface area contributed by atoms with E-state index in [0.29, 0.717) is 12.8 Å². The number of piperazine rings is 1. The Labute approximate surface area is 121 Å². The number of nitrogens with one attached hydrogen (secondary N) is 2. The Morgan fingerprint density at radius 3 is 2.71 bits per heavy atom. The summed E-state index contributed by atoms with van der Waals surface area (Å²) in [5.74, 6) is -1.56. The Balaban J connectivity index is 1.97. The van der Waals surface area contributed by atoms with Gasteiger partial charge < -0.3 is 15.7 Å². The summed E-state index contributed by atoms with van der Waals surface area (Å²) >= 11 is 0. The molecular formula is C11H17N3O6S. The summed E-state index contributed by atoms with van der Waals surface area (Å²) < 4.78 is 23.3. The first-order valence-corrected chi connectivity index (χ1v) is 8.28. The molecule has 2 fully saturated rings. The third-order valence-corrected chi connectivity index (χ3v) is 5.95. The van der Waals surface area contributed by atoms with E-state index >= 15 is 0 Å². The van der Waals surface area contributed by atoms with E-state index in [-0.39, 0.29) is 25.4 Å². The van der Waals surface area contributed by atoms with E-state index in [1.165, 1.54) is 0 Å². The van der Waals surface area contributed by atoms with Crippen LogP contribution in [0.1, 0.15) is 12.8 Å². The van der Waals surface area contributed by atoms with Crippen molar-refractivity contribution in [2.45, 2.75) is 24.1 Å². The van der Waals surface area contributed by atoms with Gasteiger partial charge in [0.15, 0.2) is 9.84 Å². The first-order chi connectivity index (χ1) is 9.81. The fourth-order valence-electron chi connectivity index (χ4n) is 2.47. The molecule has 2 aliphatic rings. The monoisotopic (exact) mass is 319 g/mol. The summed E-state index contributed by atoms with van der Waals surface area (Å²) in [7, 11) is -3.18. The van der Waals surface area contributed by atoms with Gasteiger partial charge in [0.2, 0.25) is 5.91 Å². The van der Waals surface area contributed by atoms with Crippen molar-refractivity contribution in [2.24, 2.45) is 0 Å². The average Bonchev–Trinajstić information content (AvgIpc) is 2.74. The number of hydrogen-bond acceptors (Lipinski definition) is 5. The molecule has 0 aromatic heterocycles. The zero-order chi connectivity index (χ0) is 15.6. The molecule has 3 amide bonds. The van der Waals surface area contributed by atoms with E-state index in [0.717, 1.165) is 4.90 Å². The molecule has 2 aliphatic heterocycles. The third kappa shape index (κ3) is 3.43. The molecule has 0 radical (unpaired) electrons. The molecule has 0 aromatic carbocycles. The maximum atomic E-state index is 12.0. The van der Waals surface area contributed by atoms with E-state index in [4.69, 9.17) is 5.11 Å². The second-order valence-electron chi connectivity index (χ2n) is 5.10. The molecular weight excluding hydrogens is 302 g/mol. The molecule has 21 heavy (non-hydrogen) atoms. The Bertz CT molecular complexity index is 560. The number of sulfone groups is 1. The van der Waals surface area contributed by atoms with Crippen LogP contribution in [0.4, 0.5) is 4.79 Å². The highest BCUT2D eigenvalue weighted by molar-refractivity contribution is 7.92. The molecule has 2 heterocycles. The van der Waals surface area contributed by atoms with Crippen molar-refractivity contribution in [3.8, 4) is 0 Å². The van der Waals surface area contributed by atoms with Crippen LogP contribution in [0.2, 0.25) is 0 Å². The highest BCUT2D eigenvalue weighted by Crippen LogP contribution is 2.19. The predicted octanol–water partition coefficient (Wildman–Crippen LogP) is -1.84. The maximum Gasteiger partial charge on any atom is 0.328 e. The number of carboxylic acids is 1. The van der Waals surface area contributed by atoms with Crippen LogP contribution in [0.15, 0.2) is 0 Å². The van der Waals surface area contributed by atoms with Gasteiger partial charge in [-0.25, -0.2) is 18.0 Å². The molecule has 2 unspecified atom stereocenters. The number of urea groups is 1. The smallest absolute Gasteiger partial charge is 0.328 e. The lowest BCUT2D eigenvalue weighted by atomic mass is 10.2. The molecule has 10 heteroatoms. The number of carboxylic acid groups (broad SMARTS) is 1. The molecule has 0 saturated carbocycles.